The molecular weight excluding hydrogens is 507 g/mol. The van der Waals surface area contributed by atoms with E-state index in [-0.39, 0.29) is 11.3 Å². The number of carbonyl (C=O) groups is 2. The summed E-state index contributed by atoms with van der Waals surface area (Å²) in [5.41, 5.74) is 1.63. The summed E-state index contributed by atoms with van der Waals surface area (Å²) in [4.78, 5) is 24.3. The average Bonchev–Trinajstić information content (AvgIpc) is 3.27. The van der Waals surface area contributed by atoms with Gasteiger partial charge in [0.2, 0.25) is 11.8 Å². The second-order valence-corrected chi connectivity index (χ2v) is 9.77. The first-order valence-corrected chi connectivity index (χ1v) is 10.9. The van der Waals surface area contributed by atoms with Gasteiger partial charge in [0.25, 0.3) is 0 Å². The first-order chi connectivity index (χ1) is 15.2. The highest BCUT2D eigenvalue weighted by Gasteiger charge is 2.67. The van der Waals surface area contributed by atoms with Gasteiger partial charge in [0.15, 0.2) is 5.82 Å². The Morgan fingerprint density at radius 2 is 1.73 bits per heavy atom. The van der Waals surface area contributed by atoms with Gasteiger partial charge in [-0.25, -0.2) is 4.39 Å². The summed E-state index contributed by atoms with van der Waals surface area (Å²) in [6, 6.07) is 7.99. The maximum Gasteiger partial charge on any atom is 0.397 e. The van der Waals surface area contributed by atoms with Crippen LogP contribution in [0.2, 0.25) is 5.02 Å². The van der Waals surface area contributed by atoms with Crippen molar-refractivity contribution in [3.63, 3.8) is 0 Å². The van der Waals surface area contributed by atoms with Crippen molar-refractivity contribution in [2.75, 3.05) is 5.32 Å². The van der Waals surface area contributed by atoms with Crippen molar-refractivity contribution in [2.45, 2.75) is 43.2 Å². The van der Waals surface area contributed by atoms with Crippen molar-refractivity contribution in [3.05, 3.63) is 63.4 Å². The van der Waals surface area contributed by atoms with Crippen molar-refractivity contribution >= 4 is 52.3 Å². The van der Waals surface area contributed by atoms with E-state index in [9.17, 15) is 22.8 Å². The molecule has 1 saturated carbocycles. The third kappa shape index (κ3) is 5.73. The Morgan fingerprint density at radius 3 is 2.33 bits per heavy atom. The smallest absolute Gasteiger partial charge is 0.352 e. The van der Waals surface area contributed by atoms with E-state index in [2.05, 4.69) is 5.32 Å². The molecule has 0 radical (unpaired) electrons. The van der Waals surface area contributed by atoms with E-state index in [4.69, 9.17) is 34.8 Å². The summed E-state index contributed by atoms with van der Waals surface area (Å²) in [6.45, 7) is 2.88. The summed E-state index contributed by atoms with van der Waals surface area (Å²) in [5.74, 6) is -4.23. The first-order valence-electron chi connectivity index (χ1n) is 9.78. The third-order valence-corrected chi connectivity index (χ3v) is 6.80. The molecule has 0 aliphatic heterocycles. The number of hydrogen-bond donors (Lipinski definition) is 2. The number of aryl methyl sites for hydroxylation is 2. The van der Waals surface area contributed by atoms with Crippen molar-refractivity contribution in [3.8, 4) is 0 Å². The number of carbonyl (C=O) groups excluding carboxylic acids is 2. The maximum absolute atomic E-state index is 15.0. The number of anilines is 1. The van der Waals surface area contributed by atoms with Crippen molar-refractivity contribution in [2.24, 2.45) is 5.92 Å². The molecule has 4 nitrogen and oxygen atoms in total. The van der Waals surface area contributed by atoms with Gasteiger partial charge in [0, 0.05) is 23.0 Å². The lowest BCUT2D eigenvalue weighted by Crippen LogP contribution is -2.29. The van der Waals surface area contributed by atoms with Gasteiger partial charge in [-0.15, -0.1) is 23.2 Å². The van der Waals surface area contributed by atoms with Crippen LogP contribution in [0.5, 0.6) is 0 Å². The Balaban J connectivity index is 1.74. The fourth-order valence-corrected chi connectivity index (χ4v) is 4.56. The van der Waals surface area contributed by atoms with E-state index in [0.29, 0.717) is 16.1 Å². The van der Waals surface area contributed by atoms with Crippen LogP contribution in [-0.4, -0.2) is 22.3 Å². The fraction of sp³-hybridized carbons (Fsp3) is 0.364. The molecule has 1 aliphatic rings. The molecule has 2 amide bonds. The molecule has 0 aromatic heterocycles. The lowest BCUT2D eigenvalue weighted by Gasteiger charge is -2.14. The minimum absolute atomic E-state index is 0.0519. The molecule has 0 heterocycles. The highest BCUT2D eigenvalue weighted by Crippen LogP contribution is 2.65. The van der Waals surface area contributed by atoms with E-state index in [1.165, 1.54) is 19.1 Å². The van der Waals surface area contributed by atoms with Crippen LogP contribution < -0.4 is 10.6 Å². The Labute approximate surface area is 202 Å². The normalized spacial score (nSPS) is 19.2. The Kier molecular flexibility index (Phi) is 7.22. The molecule has 2 N–H and O–H groups in total. The van der Waals surface area contributed by atoms with Gasteiger partial charge in [-0.05, 0) is 42.7 Å². The van der Waals surface area contributed by atoms with Crippen LogP contribution in [0.1, 0.15) is 34.6 Å². The molecular formula is C22H19Cl3F4N2O2. The number of nitrogens with one attached hydrogen (secondary N) is 2. The van der Waals surface area contributed by atoms with Gasteiger partial charge in [-0.2, -0.15) is 13.2 Å². The van der Waals surface area contributed by atoms with Gasteiger partial charge in [0.05, 0.1) is 11.6 Å². The molecule has 2 aromatic rings. The first kappa shape index (κ1) is 25.6. The number of benzene rings is 2. The molecule has 11 heteroatoms. The van der Waals surface area contributed by atoms with Gasteiger partial charge in [-0.1, -0.05) is 29.8 Å². The monoisotopic (exact) mass is 524 g/mol. The van der Waals surface area contributed by atoms with E-state index in [0.717, 1.165) is 5.56 Å². The van der Waals surface area contributed by atoms with Gasteiger partial charge in [0.1, 0.15) is 10.8 Å². The summed E-state index contributed by atoms with van der Waals surface area (Å²) in [7, 11) is 0. The van der Waals surface area contributed by atoms with Gasteiger partial charge >= 0.3 is 6.18 Å². The second-order valence-electron chi connectivity index (χ2n) is 7.92. The minimum Gasteiger partial charge on any atom is -0.352 e. The molecule has 2 aromatic carbocycles. The number of hydrogen-bond acceptors (Lipinski definition) is 2. The molecule has 1 fully saturated rings. The zero-order valence-electron chi connectivity index (χ0n) is 17.4. The second kappa shape index (κ2) is 9.31. The van der Waals surface area contributed by atoms with Crippen LogP contribution in [0.25, 0.3) is 0 Å². The van der Waals surface area contributed by atoms with Crippen LogP contribution in [0.4, 0.5) is 23.2 Å². The van der Waals surface area contributed by atoms with Crippen LogP contribution in [0, 0.1) is 25.6 Å². The van der Waals surface area contributed by atoms with Crippen molar-refractivity contribution in [1.82, 2.24) is 5.32 Å². The molecule has 0 spiro atoms. The summed E-state index contributed by atoms with van der Waals surface area (Å²) in [5, 5.41) is 4.97. The maximum atomic E-state index is 15.0. The summed E-state index contributed by atoms with van der Waals surface area (Å²) >= 11 is 18.8. The quantitative estimate of drug-likeness (QED) is 0.349. The van der Waals surface area contributed by atoms with Crippen LogP contribution in [0.3, 0.4) is 0 Å². The summed E-state index contributed by atoms with van der Waals surface area (Å²) in [6.07, 6.45) is -6.35. The lowest BCUT2D eigenvalue weighted by atomic mass is 10.1. The molecule has 1 aliphatic carbocycles. The largest absolute Gasteiger partial charge is 0.397 e. The standard InChI is InChI=1S/C22H19Cl3F4N2O2/c1-10-4-6-15(19(26)13(10)9-30-16(32)8-21(27,28)29)31-20(33)18-17(22(18,24)25)12-5-3-11(2)14(23)7-12/h3-7,17-18H,8-9H2,1-2H3,(H,30,32)(H,31,33). The molecule has 0 saturated heterocycles. The van der Waals surface area contributed by atoms with E-state index in [1.807, 2.05) is 12.2 Å². The molecule has 178 valence electrons. The SMILES string of the molecule is Cc1ccc(C2C(C(=O)Nc3ccc(C)c(CNC(=O)CC(F)(F)F)c3F)C2(Cl)Cl)cc1Cl. The van der Waals surface area contributed by atoms with Gasteiger partial charge in [-0.3, -0.25) is 9.59 Å². The van der Waals surface area contributed by atoms with E-state index < -0.39 is 52.9 Å². The fourth-order valence-electron chi connectivity index (χ4n) is 3.54. The number of halogens is 7. The van der Waals surface area contributed by atoms with E-state index >= 15 is 4.39 Å². The zero-order chi connectivity index (χ0) is 24.7. The Hall–Kier alpha value is -2.03. The van der Waals surface area contributed by atoms with Crippen molar-refractivity contribution in [1.29, 1.82) is 0 Å². The highest BCUT2D eigenvalue weighted by molar-refractivity contribution is 6.53. The van der Waals surface area contributed by atoms with Crippen LogP contribution in [-0.2, 0) is 16.1 Å². The van der Waals surface area contributed by atoms with Crippen LogP contribution in [0.15, 0.2) is 30.3 Å². The molecule has 2 unspecified atom stereocenters. The highest BCUT2D eigenvalue weighted by atomic mass is 35.5. The van der Waals surface area contributed by atoms with Crippen LogP contribution >= 0.6 is 34.8 Å². The lowest BCUT2D eigenvalue weighted by molar-refractivity contribution is -0.153. The molecule has 0 bridgehead atoms. The number of rotatable bonds is 6. The van der Waals surface area contributed by atoms with E-state index in [1.54, 1.807) is 18.2 Å². The zero-order valence-corrected chi connectivity index (χ0v) is 19.7. The topological polar surface area (TPSA) is 58.2 Å². The number of amides is 2. The third-order valence-electron chi connectivity index (χ3n) is 5.45. The number of alkyl halides is 5. The predicted molar refractivity (Wildman–Crippen MR) is 119 cm³/mol. The summed E-state index contributed by atoms with van der Waals surface area (Å²) < 4.78 is 50.6. The van der Waals surface area contributed by atoms with Gasteiger partial charge < -0.3 is 10.6 Å². The molecule has 2 atom stereocenters. The minimum atomic E-state index is -4.68. The molecule has 3 rings (SSSR count). The van der Waals surface area contributed by atoms with Crippen molar-refractivity contribution < 1.29 is 27.2 Å². The molecule has 33 heavy (non-hydrogen) atoms. The average molecular weight is 526 g/mol. The Bertz CT molecular complexity index is 1110. The Morgan fingerprint density at radius 1 is 1.09 bits per heavy atom. The predicted octanol–water partition coefficient (Wildman–Crippen LogP) is 6.19.